The second-order valence-electron chi connectivity index (χ2n) is 33.6. The number of imide groups is 1. The van der Waals surface area contributed by atoms with Crippen molar-refractivity contribution in [2.75, 3.05) is 6.54 Å². The Labute approximate surface area is 663 Å². The number of aryl methyl sites for hydroxylation is 2. The molecule has 23 nitrogen and oxygen atoms in total. The first kappa shape index (κ1) is 101. The molecule has 2 aliphatic rings. The van der Waals surface area contributed by atoms with Crippen LogP contribution in [0.15, 0.2) is 52.8 Å². The predicted molar refractivity (Wildman–Crippen MR) is 444 cm³/mol. The molecule has 0 saturated carbocycles. The summed E-state index contributed by atoms with van der Waals surface area (Å²) in [6.07, 6.45) is 7.14. The maximum Gasteiger partial charge on any atom is 0.270 e. The zero-order valence-corrected chi connectivity index (χ0v) is 77.8. The molecule has 6 aromatic rings. The van der Waals surface area contributed by atoms with E-state index in [2.05, 4.69) is 112 Å². The largest absolute Gasteiger partial charge is 0.340 e. The number of hydrogen-bond acceptors (Lipinski definition) is 9. The predicted octanol–water partition coefficient (Wildman–Crippen LogP) is 16.5. The van der Waals surface area contributed by atoms with E-state index in [0.717, 1.165) is 76.4 Å². The third-order valence-corrected chi connectivity index (χ3v) is 19.7. The summed E-state index contributed by atoms with van der Waals surface area (Å²) in [6.45, 7) is 76.9. The van der Waals surface area contributed by atoms with E-state index in [1.807, 2.05) is 220 Å². The molecule has 2 N–H and O–H groups in total. The average molecular weight is 1680 g/mol. The van der Waals surface area contributed by atoms with Crippen LogP contribution >= 0.6 is 0 Å². The van der Waals surface area contributed by atoms with Gasteiger partial charge in [-0.3, -0.25) is 81.2 Å². The number of aromatic nitrogens is 12. The molecule has 24 heteroatoms. The number of nitrogens with zero attached hydrogens (tertiary/aromatic N) is 12. The van der Waals surface area contributed by atoms with Gasteiger partial charge in [0, 0.05) is 190 Å². The minimum atomic E-state index is -0.177. The molecule has 1 atom stereocenters. The maximum atomic E-state index is 12.2. The van der Waals surface area contributed by atoms with Crippen molar-refractivity contribution in [2.45, 2.75) is 359 Å². The number of carbonyl (C=O) groups excluding carboxylic acids is 3. The van der Waals surface area contributed by atoms with Gasteiger partial charge < -0.3 is 10.00 Å². The van der Waals surface area contributed by atoms with Crippen LogP contribution in [0, 0.1) is 38.5 Å². The van der Waals surface area contributed by atoms with Crippen LogP contribution in [0.5, 0.6) is 0 Å². The number of amides is 3. The Morgan fingerprint density at radius 2 is 0.852 bits per heavy atom. The molecule has 0 spiro atoms. The molecule has 3 amide bonds. The van der Waals surface area contributed by atoms with Crippen LogP contribution in [0.3, 0.4) is 0 Å². The second-order valence-corrected chi connectivity index (χ2v) is 33.6. The van der Waals surface area contributed by atoms with Crippen molar-refractivity contribution in [3.63, 3.8) is 0 Å². The van der Waals surface area contributed by atoms with Gasteiger partial charge >= 0.3 is 0 Å². The van der Waals surface area contributed by atoms with E-state index in [1.54, 1.807) is 20.2 Å². The monoisotopic (exact) mass is 1680 g/mol. The topological polar surface area (TPSA) is 241 Å². The molecule has 108 heavy (non-hydrogen) atoms. The van der Waals surface area contributed by atoms with Gasteiger partial charge in [0.15, 0.2) is 0 Å². The summed E-state index contributed by atoms with van der Waals surface area (Å²) >= 11 is 0. The molecule has 0 bridgehead atoms. The number of nitrogens with one attached hydrogen (secondary N) is 2. The third-order valence-electron chi connectivity index (χ3n) is 19.7. The van der Waals surface area contributed by atoms with E-state index in [-0.39, 0.29) is 120 Å². The van der Waals surface area contributed by atoms with Crippen molar-refractivity contribution >= 4 is 17.7 Å². The van der Waals surface area contributed by atoms with Gasteiger partial charge in [-0.25, -0.2) is 18.7 Å². The molecule has 1 saturated heterocycles. The molecular formula is C84H150N14O9W. The summed E-state index contributed by atoms with van der Waals surface area (Å²) in [5.41, 5.74) is 11.5. The summed E-state index contributed by atoms with van der Waals surface area (Å²) in [4.78, 5) is 110. The van der Waals surface area contributed by atoms with Crippen molar-refractivity contribution in [1.82, 2.24) is 66.8 Å². The quantitative estimate of drug-likeness (QED) is 0.0777. The number of hydrogen-bond donors (Lipinski definition) is 2. The Hall–Kier alpha value is -6.90. The Balaban J connectivity index is 0.00000121. The first-order valence-corrected chi connectivity index (χ1v) is 39.8. The summed E-state index contributed by atoms with van der Waals surface area (Å²) < 4.78 is 18.6. The van der Waals surface area contributed by atoms with Crippen LogP contribution in [0.4, 0.5) is 0 Å². The molecule has 0 aromatic carbocycles. The molecule has 616 valence electrons. The zero-order valence-electron chi connectivity index (χ0n) is 74.8. The Morgan fingerprint density at radius 1 is 0.426 bits per heavy atom. The first-order valence-electron chi connectivity index (χ1n) is 39.8. The molecule has 1 unspecified atom stereocenters. The normalized spacial score (nSPS) is 13.7. The van der Waals surface area contributed by atoms with E-state index in [1.165, 1.54) is 16.7 Å². The van der Waals surface area contributed by atoms with Crippen molar-refractivity contribution in [2.24, 2.45) is 38.9 Å². The van der Waals surface area contributed by atoms with Crippen LogP contribution in [-0.4, -0.2) is 103 Å². The molecule has 6 aromatic heterocycles. The molecule has 0 aliphatic carbocycles. The molecule has 0 radical (unpaired) electrons. The van der Waals surface area contributed by atoms with Crippen LogP contribution in [0.1, 0.15) is 370 Å². The molecule has 1 fully saturated rings. The van der Waals surface area contributed by atoms with E-state index in [9.17, 15) is 43.2 Å². The van der Waals surface area contributed by atoms with Gasteiger partial charge in [0.05, 0.1) is 0 Å². The zero-order chi connectivity index (χ0) is 83.7. The smallest absolute Gasteiger partial charge is 0.270 e. The first-order chi connectivity index (χ1) is 49.1. The number of carbonyl (C=O) groups is 3. The summed E-state index contributed by atoms with van der Waals surface area (Å²) in [7, 11) is 5.84. The fourth-order valence-electron chi connectivity index (χ4n) is 14.2. The van der Waals surface area contributed by atoms with Crippen LogP contribution < -0.4 is 33.4 Å². The van der Waals surface area contributed by atoms with Gasteiger partial charge in [0.2, 0.25) is 5.91 Å². The van der Waals surface area contributed by atoms with E-state index >= 15 is 0 Å². The van der Waals surface area contributed by atoms with Crippen molar-refractivity contribution in [1.29, 1.82) is 0 Å². The van der Waals surface area contributed by atoms with Gasteiger partial charge in [0.25, 0.3) is 45.2 Å². The molecule has 8 heterocycles. The third kappa shape index (κ3) is 25.1. The van der Waals surface area contributed by atoms with E-state index in [4.69, 9.17) is 0 Å². The van der Waals surface area contributed by atoms with Crippen LogP contribution in [0.25, 0.3) is 0 Å². The number of likely N-dealkylation sites (tertiary alicyclic amines) is 1. The minimum absolute atomic E-state index is 0. The summed E-state index contributed by atoms with van der Waals surface area (Å²) in [6, 6.07) is 1.64. The fourth-order valence-corrected chi connectivity index (χ4v) is 14.2. The maximum absolute atomic E-state index is 12.2. The van der Waals surface area contributed by atoms with Crippen molar-refractivity contribution < 1.29 is 35.4 Å². The summed E-state index contributed by atoms with van der Waals surface area (Å²) in [5, 5.41) is 6.06. The van der Waals surface area contributed by atoms with E-state index in [0.29, 0.717) is 58.9 Å². The number of H-pyrrole nitrogens is 2. The SMILES string of the molecule is CC(C)C1=CC(=O)N(C(C)C)C1=O.CC(C)C1CCN(C(C)C)C1=O.CC(C)c1c[nH]n(C(C)C)c1=O.CC(C)c1cn(C)n(C(C)C)c1=O.CCc1c(C(C)C)c(=O)n(C(C)C)n1C.CCn1c(C)c(C(C)C)c(=O)n1C(C)C.Cc1[nH]n(C(C)C)c(=O)c1C(C)C.Cc1c(C(C)C)c(=O)n(C(C)C)n1C.[W]. The molecule has 8 rings (SSSR count). The van der Waals surface area contributed by atoms with Gasteiger partial charge in [-0.05, 0) is 199 Å². The van der Waals surface area contributed by atoms with Gasteiger partial charge in [-0.2, -0.15) is 0 Å². The van der Waals surface area contributed by atoms with Gasteiger partial charge in [-0.15, -0.1) is 0 Å². The molecule has 2 aliphatic heterocycles. The Morgan fingerprint density at radius 3 is 1.09 bits per heavy atom. The standard InChI is InChI=1S/2C12H22N2O.C11H20N2O.2C10H18N2O.C10H15NO2.C10H19NO.C9H16N2O.W/c1-7-10-11(8(2)3)12(15)14(9(4)5)13(10)6;1-7-13-10(6)11(8(2)3)12(15)14(13)9(4)5;1-7(2)10-9(5)12(6)13(8(3)4)11(10)14;1-7(2)9-6-11(5)12(8(3)4)10(9)13;1-6(2)9-8(5)11-12(7(3)4)10(9)13;1-6(2)8-5-9(12)11(7(3)4)10(8)13;1-7(2)9-5-6-11(8(3)4)10(9)12;1-6(2)8-5-10-11(7(3)4)9(8)12;/h2*8-9H,7H2,1-6H3;7-8H,1-6H3;6-8H,1-5H3;6-7,11H,1-5H3;5-7H,1-4H3;7-9H,5-6H2,1-4H3;5-7,10H,1-4H3;. The Kier molecular flexibility index (Phi) is 41.4. The van der Waals surface area contributed by atoms with Gasteiger partial charge in [0.1, 0.15) is 0 Å². The van der Waals surface area contributed by atoms with Crippen LogP contribution in [-0.2, 0) is 69.6 Å². The minimum Gasteiger partial charge on any atom is -0.340 e. The van der Waals surface area contributed by atoms with Crippen LogP contribution in [0.2, 0.25) is 0 Å². The van der Waals surface area contributed by atoms with Crippen molar-refractivity contribution in [3.8, 4) is 0 Å². The summed E-state index contributed by atoms with van der Waals surface area (Å²) in [5.74, 6) is 2.77. The fraction of sp³-hybridized carbons (Fsp3) is 0.726. The van der Waals surface area contributed by atoms with E-state index < -0.39 is 0 Å². The second kappa shape index (κ2) is 44.2. The Bertz CT molecular complexity index is 3990. The number of aromatic amines is 2. The van der Waals surface area contributed by atoms with Gasteiger partial charge in [-0.1, -0.05) is 118 Å². The molecular weight excluding hydrogens is 1530 g/mol. The van der Waals surface area contributed by atoms with Crippen molar-refractivity contribution in [3.05, 3.63) is 142 Å². The average Bonchev–Trinajstić information content (AvgIpc) is 1.64. The number of rotatable bonds is 18.